The number of nitrogens with one attached hydrogen (secondary N) is 1. The molecule has 1 aliphatic heterocycles. The topological polar surface area (TPSA) is 63.2 Å². The minimum atomic E-state index is -0.409. The second-order valence-electron chi connectivity index (χ2n) is 7.46. The number of rotatable bonds is 4. The number of likely N-dealkylation sites (tertiary alicyclic amines) is 1. The van der Waals surface area contributed by atoms with Gasteiger partial charge in [0.05, 0.1) is 14.2 Å². The Balaban J connectivity index is 2.12. The Bertz CT molecular complexity index is 680. The van der Waals surface area contributed by atoms with Gasteiger partial charge in [0.2, 0.25) is 0 Å². The highest BCUT2D eigenvalue weighted by atomic mass is 16.5. The van der Waals surface area contributed by atoms with Gasteiger partial charge >= 0.3 is 5.97 Å². The number of aliphatic imine (C=N–C) groups is 1. The van der Waals surface area contributed by atoms with E-state index in [0.29, 0.717) is 17.9 Å². The Morgan fingerprint density at radius 3 is 2.44 bits per heavy atom. The van der Waals surface area contributed by atoms with Gasteiger partial charge < -0.3 is 19.7 Å². The smallest absolute Gasteiger partial charge is 0.341 e. The SMILES string of the molecule is CN=C(NCc1ccc(OC)c(C(=O)OC)c1)N1CC(C)(C)C1(C)C. The first-order valence-electron chi connectivity index (χ1n) is 8.41. The van der Waals surface area contributed by atoms with Gasteiger partial charge in [-0.05, 0) is 31.5 Å². The molecule has 0 saturated carbocycles. The van der Waals surface area contributed by atoms with E-state index in [1.54, 1.807) is 19.2 Å². The van der Waals surface area contributed by atoms with Crippen LogP contribution in [0.15, 0.2) is 23.2 Å². The number of benzene rings is 1. The van der Waals surface area contributed by atoms with E-state index in [-0.39, 0.29) is 11.0 Å². The third-order valence-electron chi connectivity index (χ3n) is 5.47. The number of hydrogen-bond acceptors (Lipinski definition) is 4. The standard InChI is InChI=1S/C19H29N3O3/c1-18(2)12-22(19(18,3)4)17(20-5)21-11-13-8-9-15(24-6)14(10-13)16(23)25-7/h8-10H,11-12H2,1-7H3,(H,20,21). The molecule has 6 heteroatoms. The number of hydrogen-bond donors (Lipinski definition) is 1. The van der Waals surface area contributed by atoms with Gasteiger partial charge in [0, 0.05) is 31.1 Å². The molecule has 6 nitrogen and oxygen atoms in total. The predicted molar refractivity (Wildman–Crippen MR) is 99.1 cm³/mol. The van der Waals surface area contributed by atoms with E-state index in [2.05, 4.69) is 42.9 Å². The zero-order chi connectivity index (χ0) is 18.8. The number of carbonyl (C=O) groups is 1. The molecule has 0 radical (unpaired) electrons. The first kappa shape index (κ1) is 19.1. The molecular weight excluding hydrogens is 318 g/mol. The summed E-state index contributed by atoms with van der Waals surface area (Å²) in [4.78, 5) is 18.6. The van der Waals surface area contributed by atoms with Crippen molar-refractivity contribution in [1.82, 2.24) is 10.2 Å². The number of nitrogens with zero attached hydrogens (tertiary/aromatic N) is 2. The third kappa shape index (κ3) is 3.43. The zero-order valence-corrected chi connectivity index (χ0v) is 16.3. The fraction of sp³-hybridized carbons (Fsp3) is 0.579. The second-order valence-corrected chi connectivity index (χ2v) is 7.46. The summed E-state index contributed by atoms with van der Waals surface area (Å²) in [5, 5.41) is 3.39. The maximum Gasteiger partial charge on any atom is 0.341 e. The highest BCUT2D eigenvalue weighted by Crippen LogP contribution is 2.46. The van der Waals surface area contributed by atoms with E-state index in [4.69, 9.17) is 9.47 Å². The number of ether oxygens (including phenoxy) is 2. The number of esters is 1. The Kier molecular flexibility index (Phi) is 5.30. The quantitative estimate of drug-likeness (QED) is 0.515. The first-order valence-corrected chi connectivity index (χ1v) is 8.41. The van der Waals surface area contributed by atoms with Crippen molar-refractivity contribution in [3.8, 4) is 5.75 Å². The second kappa shape index (κ2) is 6.94. The number of methoxy groups -OCH3 is 2. The van der Waals surface area contributed by atoms with Gasteiger partial charge in [-0.3, -0.25) is 4.99 Å². The van der Waals surface area contributed by atoms with Crippen molar-refractivity contribution in [2.75, 3.05) is 27.8 Å². The molecule has 1 aromatic rings. The van der Waals surface area contributed by atoms with Crippen LogP contribution in [0, 0.1) is 5.41 Å². The van der Waals surface area contributed by atoms with Crippen LogP contribution in [0.2, 0.25) is 0 Å². The molecule has 138 valence electrons. The Morgan fingerprint density at radius 2 is 1.96 bits per heavy atom. The maximum atomic E-state index is 11.9. The van der Waals surface area contributed by atoms with Crippen LogP contribution in [0.4, 0.5) is 0 Å². The van der Waals surface area contributed by atoms with E-state index in [1.165, 1.54) is 14.2 Å². The molecule has 25 heavy (non-hydrogen) atoms. The minimum Gasteiger partial charge on any atom is -0.496 e. The maximum absolute atomic E-state index is 11.9. The molecule has 1 aliphatic rings. The Labute approximate surface area is 150 Å². The van der Waals surface area contributed by atoms with Gasteiger partial charge in [0.1, 0.15) is 11.3 Å². The lowest BCUT2D eigenvalue weighted by Crippen LogP contribution is -2.72. The van der Waals surface area contributed by atoms with E-state index in [1.807, 2.05) is 6.07 Å². The van der Waals surface area contributed by atoms with E-state index in [9.17, 15) is 4.79 Å². The first-order chi connectivity index (χ1) is 11.7. The molecule has 0 spiro atoms. The van der Waals surface area contributed by atoms with Gasteiger partial charge in [-0.2, -0.15) is 0 Å². The van der Waals surface area contributed by atoms with Crippen molar-refractivity contribution in [2.24, 2.45) is 10.4 Å². The van der Waals surface area contributed by atoms with Crippen LogP contribution in [0.1, 0.15) is 43.6 Å². The average Bonchev–Trinajstić information content (AvgIpc) is 2.60. The predicted octanol–water partition coefficient (Wildman–Crippen LogP) is 2.68. The average molecular weight is 347 g/mol. The van der Waals surface area contributed by atoms with Gasteiger partial charge in [0.15, 0.2) is 5.96 Å². The number of carbonyl (C=O) groups excluding carboxylic acids is 1. The lowest BCUT2D eigenvalue weighted by atomic mass is 9.65. The summed E-state index contributed by atoms with van der Waals surface area (Å²) in [6.07, 6.45) is 0. The van der Waals surface area contributed by atoms with Crippen molar-refractivity contribution >= 4 is 11.9 Å². The highest BCUT2D eigenvalue weighted by Gasteiger charge is 2.53. The summed E-state index contributed by atoms with van der Waals surface area (Å²) in [6, 6.07) is 5.50. The number of guanidine groups is 1. The van der Waals surface area contributed by atoms with Crippen LogP contribution in [-0.4, -0.2) is 50.2 Å². The summed E-state index contributed by atoms with van der Waals surface area (Å²) >= 11 is 0. The molecule has 2 rings (SSSR count). The third-order valence-corrected chi connectivity index (χ3v) is 5.47. The van der Waals surface area contributed by atoms with Crippen molar-refractivity contribution in [3.63, 3.8) is 0 Å². The van der Waals surface area contributed by atoms with Crippen molar-refractivity contribution in [1.29, 1.82) is 0 Å². The largest absolute Gasteiger partial charge is 0.496 e. The van der Waals surface area contributed by atoms with Crippen LogP contribution < -0.4 is 10.1 Å². The summed E-state index contributed by atoms with van der Waals surface area (Å²) in [6.45, 7) is 10.5. The van der Waals surface area contributed by atoms with Gasteiger partial charge in [0.25, 0.3) is 0 Å². The molecule has 1 aromatic carbocycles. The summed E-state index contributed by atoms with van der Waals surface area (Å²) < 4.78 is 10.1. The molecular formula is C19H29N3O3. The van der Waals surface area contributed by atoms with E-state index >= 15 is 0 Å². The van der Waals surface area contributed by atoms with Crippen LogP contribution in [-0.2, 0) is 11.3 Å². The minimum absolute atomic E-state index is 0.0337. The Hall–Kier alpha value is -2.24. The lowest BCUT2D eigenvalue weighted by molar-refractivity contribution is -0.0667. The van der Waals surface area contributed by atoms with Crippen molar-refractivity contribution in [3.05, 3.63) is 29.3 Å². The highest BCUT2D eigenvalue weighted by molar-refractivity contribution is 5.92. The fourth-order valence-corrected chi connectivity index (χ4v) is 3.01. The monoisotopic (exact) mass is 347 g/mol. The zero-order valence-electron chi connectivity index (χ0n) is 16.3. The van der Waals surface area contributed by atoms with Crippen LogP contribution in [0.5, 0.6) is 5.75 Å². The molecule has 0 atom stereocenters. The molecule has 0 aliphatic carbocycles. The molecule has 0 aromatic heterocycles. The van der Waals surface area contributed by atoms with E-state index in [0.717, 1.165) is 18.1 Å². The van der Waals surface area contributed by atoms with Gasteiger partial charge in [-0.15, -0.1) is 0 Å². The van der Waals surface area contributed by atoms with Crippen LogP contribution >= 0.6 is 0 Å². The molecule has 1 fully saturated rings. The molecule has 0 bridgehead atoms. The molecule has 1 N–H and O–H groups in total. The lowest BCUT2D eigenvalue weighted by Gasteiger charge is -2.62. The van der Waals surface area contributed by atoms with Gasteiger partial charge in [-0.25, -0.2) is 4.79 Å². The fourth-order valence-electron chi connectivity index (χ4n) is 3.01. The van der Waals surface area contributed by atoms with Crippen molar-refractivity contribution in [2.45, 2.75) is 39.8 Å². The Morgan fingerprint density at radius 1 is 1.28 bits per heavy atom. The normalized spacial score (nSPS) is 18.4. The van der Waals surface area contributed by atoms with Gasteiger partial charge in [-0.1, -0.05) is 19.9 Å². The summed E-state index contributed by atoms with van der Waals surface area (Å²) in [7, 11) is 4.69. The van der Waals surface area contributed by atoms with Crippen LogP contribution in [0.25, 0.3) is 0 Å². The van der Waals surface area contributed by atoms with E-state index < -0.39 is 5.97 Å². The molecule has 0 unspecified atom stereocenters. The summed E-state index contributed by atoms with van der Waals surface area (Å²) in [5.74, 6) is 0.957. The molecule has 0 amide bonds. The molecule has 1 heterocycles. The molecule has 1 saturated heterocycles. The van der Waals surface area contributed by atoms with Crippen LogP contribution in [0.3, 0.4) is 0 Å². The van der Waals surface area contributed by atoms with Crippen molar-refractivity contribution < 1.29 is 14.3 Å². The summed E-state index contributed by atoms with van der Waals surface area (Å²) in [5.41, 5.74) is 1.65.